The molecule has 1 fully saturated rings. The number of rotatable bonds is 4. The number of benzene rings is 2. The van der Waals surface area contributed by atoms with Gasteiger partial charge in [-0.05, 0) is 43.2 Å². The fourth-order valence-electron chi connectivity index (χ4n) is 3.24. The summed E-state index contributed by atoms with van der Waals surface area (Å²) in [6.07, 6.45) is 0.978. The largest absolute Gasteiger partial charge is 0.465 e. The number of carbonyl (C=O) groups excluding carboxylic acids is 3. The van der Waals surface area contributed by atoms with Crippen LogP contribution in [0.15, 0.2) is 48.5 Å². The summed E-state index contributed by atoms with van der Waals surface area (Å²) in [7, 11) is 1.30. The van der Waals surface area contributed by atoms with Gasteiger partial charge in [0.25, 0.3) is 5.91 Å². The number of likely N-dealkylation sites (tertiary alicyclic amines) is 1. The molecule has 28 heavy (non-hydrogen) atoms. The first-order chi connectivity index (χ1) is 13.5. The van der Waals surface area contributed by atoms with E-state index in [4.69, 9.17) is 0 Å². The zero-order valence-corrected chi connectivity index (χ0v) is 15.5. The van der Waals surface area contributed by atoms with Crippen LogP contribution >= 0.6 is 0 Å². The number of esters is 1. The van der Waals surface area contributed by atoms with Crippen LogP contribution in [0.4, 0.5) is 10.1 Å². The molecule has 1 aliphatic rings. The van der Waals surface area contributed by atoms with E-state index in [0.717, 1.165) is 0 Å². The van der Waals surface area contributed by atoms with Crippen molar-refractivity contribution in [1.82, 2.24) is 4.90 Å². The average Bonchev–Trinajstić information content (AvgIpc) is 2.73. The summed E-state index contributed by atoms with van der Waals surface area (Å²) in [5, 5.41) is 2.81. The van der Waals surface area contributed by atoms with Crippen LogP contribution in [0.1, 0.15) is 33.6 Å². The van der Waals surface area contributed by atoms with E-state index < -0.39 is 11.8 Å². The molecule has 1 heterocycles. The van der Waals surface area contributed by atoms with Crippen molar-refractivity contribution in [1.29, 1.82) is 0 Å². The topological polar surface area (TPSA) is 75.7 Å². The van der Waals surface area contributed by atoms with E-state index in [1.807, 2.05) is 0 Å². The number of ether oxygens (including phenoxy) is 1. The van der Waals surface area contributed by atoms with Crippen molar-refractivity contribution in [2.24, 2.45) is 5.92 Å². The Balaban J connectivity index is 1.58. The van der Waals surface area contributed by atoms with E-state index in [1.54, 1.807) is 35.2 Å². The van der Waals surface area contributed by atoms with Gasteiger partial charge in [-0.25, -0.2) is 9.18 Å². The molecule has 0 radical (unpaired) electrons. The minimum atomic E-state index is -0.544. The molecule has 0 aromatic heterocycles. The van der Waals surface area contributed by atoms with Crippen LogP contribution in [0.5, 0.6) is 0 Å². The summed E-state index contributed by atoms with van der Waals surface area (Å²) in [6, 6.07) is 12.4. The Hall–Kier alpha value is -3.22. The molecule has 1 aliphatic heterocycles. The number of piperidine rings is 1. The smallest absolute Gasteiger partial charge is 0.337 e. The molecule has 0 atom stereocenters. The van der Waals surface area contributed by atoms with Crippen molar-refractivity contribution < 1.29 is 23.5 Å². The van der Waals surface area contributed by atoms with Gasteiger partial charge in [0.15, 0.2) is 0 Å². The second-order valence-corrected chi connectivity index (χ2v) is 6.61. The highest BCUT2D eigenvalue weighted by atomic mass is 19.1. The van der Waals surface area contributed by atoms with Gasteiger partial charge in [-0.3, -0.25) is 9.59 Å². The molecule has 7 heteroatoms. The summed E-state index contributed by atoms with van der Waals surface area (Å²) in [5.74, 6) is -1.80. The van der Waals surface area contributed by atoms with Crippen LogP contribution in [0.2, 0.25) is 0 Å². The Kier molecular flexibility index (Phi) is 6.03. The second kappa shape index (κ2) is 8.65. The number of carbonyl (C=O) groups is 3. The predicted octanol–water partition coefficient (Wildman–Crippen LogP) is 3.10. The van der Waals surface area contributed by atoms with Crippen LogP contribution in [0, 0.1) is 11.7 Å². The normalized spacial score (nSPS) is 14.4. The predicted molar refractivity (Wildman–Crippen MR) is 101 cm³/mol. The Morgan fingerprint density at radius 2 is 1.79 bits per heavy atom. The number of hydrogen-bond donors (Lipinski definition) is 1. The molecule has 3 rings (SSSR count). The molecule has 1 N–H and O–H groups in total. The molecule has 2 amide bonds. The molecule has 0 aliphatic carbocycles. The highest BCUT2D eigenvalue weighted by molar-refractivity contribution is 5.96. The zero-order chi connectivity index (χ0) is 20.1. The van der Waals surface area contributed by atoms with Crippen LogP contribution in [-0.2, 0) is 9.53 Å². The van der Waals surface area contributed by atoms with Gasteiger partial charge < -0.3 is 15.0 Å². The molecule has 0 bridgehead atoms. The third kappa shape index (κ3) is 4.36. The number of anilines is 1. The number of nitrogens with one attached hydrogen (secondary N) is 1. The Morgan fingerprint density at radius 3 is 2.46 bits per heavy atom. The summed E-state index contributed by atoms with van der Waals surface area (Å²) in [6.45, 7) is 0.765. The minimum absolute atomic E-state index is 0.0463. The van der Waals surface area contributed by atoms with Gasteiger partial charge in [0.2, 0.25) is 5.91 Å². The van der Waals surface area contributed by atoms with Crippen molar-refractivity contribution in [3.05, 3.63) is 65.5 Å². The van der Waals surface area contributed by atoms with Crippen LogP contribution in [0.3, 0.4) is 0 Å². The molecular weight excluding hydrogens is 363 g/mol. The maximum atomic E-state index is 13.8. The minimum Gasteiger partial charge on any atom is -0.465 e. The van der Waals surface area contributed by atoms with E-state index in [0.29, 0.717) is 37.2 Å². The summed E-state index contributed by atoms with van der Waals surface area (Å²) < 4.78 is 18.5. The molecule has 0 saturated carbocycles. The van der Waals surface area contributed by atoms with Gasteiger partial charge in [-0.15, -0.1) is 0 Å². The maximum Gasteiger partial charge on any atom is 0.337 e. The molecule has 2 aromatic rings. The molecule has 2 aromatic carbocycles. The fraction of sp³-hybridized carbons (Fsp3) is 0.286. The van der Waals surface area contributed by atoms with Gasteiger partial charge >= 0.3 is 5.97 Å². The van der Waals surface area contributed by atoms with E-state index in [2.05, 4.69) is 10.1 Å². The fourth-order valence-corrected chi connectivity index (χ4v) is 3.24. The second-order valence-electron chi connectivity index (χ2n) is 6.61. The van der Waals surface area contributed by atoms with Gasteiger partial charge in [-0.2, -0.15) is 0 Å². The van der Waals surface area contributed by atoms with Crippen molar-refractivity contribution in [2.45, 2.75) is 12.8 Å². The Bertz CT molecular complexity index is 891. The number of hydrogen-bond acceptors (Lipinski definition) is 4. The first kappa shape index (κ1) is 19.5. The highest BCUT2D eigenvalue weighted by Crippen LogP contribution is 2.22. The molecule has 6 nitrogen and oxygen atoms in total. The lowest BCUT2D eigenvalue weighted by Gasteiger charge is -2.31. The first-order valence-electron chi connectivity index (χ1n) is 9.02. The number of nitrogens with zero attached hydrogens (tertiary/aromatic N) is 1. The molecule has 1 saturated heterocycles. The molecule has 146 valence electrons. The molecule has 0 unspecified atom stereocenters. The third-order valence-corrected chi connectivity index (χ3v) is 4.81. The van der Waals surface area contributed by atoms with Crippen LogP contribution in [-0.4, -0.2) is 42.9 Å². The first-order valence-corrected chi connectivity index (χ1v) is 9.02. The van der Waals surface area contributed by atoms with Crippen molar-refractivity contribution in [3.63, 3.8) is 0 Å². The summed E-state index contributed by atoms with van der Waals surface area (Å²) in [5.41, 5.74) is 0.911. The Morgan fingerprint density at radius 1 is 1.07 bits per heavy atom. The standard InChI is InChI=1S/C21H21FN2O4/c1-28-21(27)15-5-4-6-16(13-15)23-19(25)14-9-11-24(12-10-14)20(26)17-7-2-3-8-18(17)22/h2-8,13-14H,9-12H2,1H3,(H,23,25). The van der Waals surface area contributed by atoms with E-state index in [-0.39, 0.29) is 23.3 Å². The lowest BCUT2D eigenvalue weighted by molar-refractivity contribution is -0.121. The van der Waals surface area contributed by atoms with E-state index in [1.165, 1.54) is 25.3 Å². The third-order valence-electron chi connectivity index (χ3n) is 4.81. The van der Waals surface area contributed by atoms with E-state index >= 15 is 0 Å². The van der Waals surface area contributed by atoms with Crippen molar-refractivity contribution in [2.75, 3.05) is 25.5 Å². The van der Waals surface area contributed by atoms with Gasteiger partial charge in [0.05, 0.1) is 18.2 Å². The quantitative estimate of drug-likeness (QED) is 0.822. The van der Waals surface area contributed by atoms with E-state index in [9.17, 15) is 18.8 Å². The monoisotopic (exact) mass is 384 g/mol. The van der Waals surface area contributed by atoms with Crippen molar-refractivity contribution >= 4 is 23.5 Å². The van der Waals surface area contributed by atoms with Crippen molar-refractivity contribution in [3.8, 4) is 0 Å². The number of methoxy groups -OCH3 is 1. The highest BCUT2D eigenvalue weighted by Gasteiger charge is 2.28. The lowest BCUT2D eigenvalue weighted by Crippen LogP contribution is -2.41. The maximum absolute atomic E-state index is 13.8. The SMILES string of the molecule is COC(=O)c1cccc(NC(=O)C2CCN(C(=O)c3ccccc3F)CC2)c1. The zero-order valence-electron chi connectivity index (χ0n) is 15.5. The lowest BCUT2D eigenvalue weighted by atomic mass is 9.95. The molecular formula is C21H21FN2O4. The average molecular weight is 384 g/mol. The number of amides is 2. The summed E-state index contributed by atoms with van der Waals surface area (Å²) in [4.78, 5) is 38.2. The molecule has 0 spiro atoms. The van der Waals surface area contributed by atoms with Gasteiger partial charge in [0.1, 0.15) is 5.82 Å². The van der Waals surface area contributed by atoms with Gasteiger partial charge in [0, 0.05) is 24.7 Å². The Labute approximate surface area is 162 Å². The number of halogens is 1. The van der Waals surface area contributed by atoms with Gasteiger partial charge in [-0.1, -0.05) is 18.2 Å². The van der Waals surface area contributed by atoms with Crippen LogP contribution < -0.4 is 5.32 Å². The van der Waals surface area contributed by atoms with Crippen LogP contribution in [0.25, 0.3) is 0 Å². The summed E-state index contributed by atoms with van der Waals surface area (Å²) >= 11 is 0.